The number of anilines is 1. The maximum atomic E-state index is 14.0. The molecule has 3 aromatic rings. The van der Waals surface area contributed by atoms with Crippen molar-refractivity contribution >= 4 is 23.2 Å². The number of benzene rings is 2. The van der Waals surface area contributed by atoms with Gasteiger partial charge in [0.05, 0.1) is 6.54 Å². The lowest BCUT2D eigenvalue weighted by Crippen LogP contribution is -2.29. The smallest absolute Gasteiger partial charge is 0.263 e. The number of rotatable bonds is 4. The second kappa shape index (κ2) is 7.76. The molecule has 4 nitrogen and oxygen atoms in total. The van der Waals surface area contributed by atoms with Gasteiger partial charge in [0.1, 0.15) is 11.4 Å². The van der Waals surface area contributed by atoms with Gasteiger partial charge in [0.25, 0.3) is 11.5 Å². The molecule has 0 radical (unpaired) electrons. The van der Waals surface area contributed by atoms with Crippen LogP contribution in [0.1, 0.15) is 27.0 Å². The van der Waals surface area contributed by atoms with Crippen molar-refractivity contribution in [1.82, 2.24) is 4.57 Å². The van der Waals surface area contributed by atoms with Gasteiger partial charge >= 0.3 is 0 Å². The van der Waals surface area contributed by atoms with Crippen molar-refractivity contribution in [1.29, 1.82) is 0 Å². The van der Waals surface area contributed by atoms with Gasteiger partial charge in [-0.1, -0.05) is 35.9 Å². The summed E-state index contributed by atoms with van der Waals surface area (Å²) < 4.78 is 15.3. The second-order valence-corrected chi connectivity index (χ2v) is 6.68. The number of nitrogens with one attached hydrogen (secondary N) is 1. The molecular formula is C21H18ClFN2O2. The Bertz CT molecular complexity index is 1040. The highest BCUT2D eigenvalue weighted by molar-refractivity contribution is 6.31. The van der Waals surface area contributed by atoms with Gasteiger partial charge in [0.15, 0.2) is 0 Å². The van der Waals surface area contributed by atoms with E-state index in [4.69, 9.17) is 11.6 Å². The summed E-state index contributed by atoms with van der Waals surface area (Å²) in [5.41, 5.74) is 2.15. The summed E-state index contributed by atoms with van der Waals surface area (Å²) >= 11 is 6.04. The molecule has 0 saturated heterocycles. The van der Waals surface area contributed by atoms with Gasteiger partial charge in [0.2, 0.25) is 0 Å². The van der Waals surface area contributed by atoms with Crippen LogP contribution in [0.25, 0.3) is 0 Å². The van der Waals surface area contributed by atoms with Gasteiger partial charge in [-0.25, -0.2) is 4.39 Å². The van der Waals surface area contributed by atoms with Gasteiger partial charge in [-0.05, 0) is 49.2 Å². The average Bonchev–Trinajstić information content (AvgIpc) is 2.62. The van der Waals surface area contributed by atoms with Gasteiger partial charge in [-0.15, -0.1) is 0 Å². The van der Waals surface area contributed by atoms with E-state index in [1.807, 2.05) is 32.0 Å². The molecule has 3 rings (SSSR count). The number of pyridine rings is 1. The molecule has 138 valence electrons. The van der Waals surface area contributed by atoms with Crippen LogP contribution in [0.5, 0.6) is 0 Å². The van der Waals surface area contributed by atoms with E-state index >= 15 is 0 Å². The van der Waals surface area contributed by atoms with Gasteiger partial charge in [-0.2, -0.15) is 0 Å². The van der Waals surface area contributed by atoms with Crippen molar-refractivity contribution in [2.75, 3.05) is 5.32 Å². The largest absolute Gasteiger partial charge is 0.321 e. The fourth-order valence-electron chi connectivity index (χ4n) is 2.88. The molecule has 0 bridgehead atoms. The Labute approximate surface area is 161 Å². The van der Waals surface area contributed by atoms with E-state index in [0.29, 0.717) is 5.69 Å². The highest BCUT2D eigenvalue weighted by Crippen LogP contribution is 2.21. The molecule has 0 saturated carbocycles. The lowest BCUT2D eigenvalue weighted by molar-refractivity contribution is 0.102. The van der Waals surface area contributed by atoms with E-state index in [9.17, 15) is 14.0 Å². The first-order valence-corrected chi connectivity index (χ1v) is 8.76. The molecule has 1 heterocycles. The predicted molar refractivity (Wildman–Crippen MR) is 105 cm³/mol. The van der Waals surface area contributed by atoms with E-state index in [1.165, 1.54) is 29.0 Å². The second-order valence-electron chi connectivity index (χ2n) is 6.28. The Morgan fingerprint density at radius 1 is 1.07 bits per heavy atom. The van der Waals surface area contributed by atoms with E-state index in [2.05, 4.69) is 5.32 Å². The summed E-state index contributed by atoms with van der Waals surface area (Å²) in [6.07, 6.45) is 1.50. The number of carbonyl (C=O) groups is 1. The van der Waals surface area contributed by atoms with Crippen LogP contribution in [0.15, 0.2) is 59.5 Å². The maximum Gasteiger partial charge on any atom is 0.263 e. The Balaban J connectivity index is 1.93. The number of hydrogen-bond acceptors (Lipinski definition) is 2. The van der Waals surface area contributed by atoms with Crippen LogP contribution in [0, 0.1) is 19.7 Å². The van der Waals surface area contributed by atoms with Crippen molar-refractivity contribution < 1.29 is 9.18 Å². The van der Waals surface area contributed by atoms with E-state index in [1.54, 1.807) is 12.1 Å². The summed E-state index contributed by atoms with van der Waals surface area (Å²) in [7, 11) is 0. The third-order valence-corrected chi connectivity index (χ3v) is 4.73. The summed E-state index contributed by atoms with van der Waals surface area (Å²) in [4.78, 5) is 25.4. The monoisotopic (exact) mass is 384 g/mol. The van der Waals surface area contributed by atoms with E-state index in [0.717, 1.165) is 11.1 Å². The molecule has 2 aromatic carbocycles. The van der Waals surface area contributed by atoms with Gasteiger partial charge in [0, 0.05) is 22.5 Å². The molecule has 27 heavy (non-hydrogen) atoms. The predicted octanol–water partition coefficient (Wildman–Crippen LogP) is 4.56. The number of para-hydroxylation sites is 1. The molecule has 1 amide bonds. The summed E-state index contributed by atoms with van der Waals surface area (Å²) in [6, 6.07) is 13.0. The molecule has 1 aromatic heterocycles. The lowest BCUT2D eigenvalue weighted by Gasteiger charge is -2.13. The highest BCUT2D eigenvalue weighted by atomic mass is 35.5. The molecule has 0 unspecified atom stereocenters. The summed E-state index contributed by atoms with van der Waals surface area (Å²) in [6.45, 7) is 3.70. The third kappa shape index (κ3) is 3.93. The Hall–Kier alpha value is -2.92. The Kier molecular flexibility index (Phi) is 5.42. The topological polar surface area (TPSA) is 51.1 Å². The third-order valence-electron chi connectivity index (χ3n) is 4.37. The van der Waals surface area contributed by atoms with Gasteiger partial charge < -0.3 is 9.88 Å². The highest BCUT2D eigenvalue weighted by Gasteiger charge is 2.16. The first kappa shape index (κ1) is 18.9. The van der Waals surface area contributed by atoms with E-state index in [-0.39, 0.29) is 22.7 Å². The van der Waals surface area contributed by atoms with Crippen molar-refractivity contribution in [3.05, 3.63) is 98.2 Å². The zero-order chi connectivity index (χ0) is 19.6. The summed E-state index contributed by atoms with van der Waals surface area (Å²) in [5, 5.41) is 3.03. The molecule has 0 fully saturated rings. The van der Waals surface area contributed by atoms with Crippen LogP contribution in [-0.2, 0) is 6.54 Å². The SMILES string of the molecule is Cc1cccc(C)c1NC(=O)c1cccn(Cc2c(F)cccc2Cl)c1=O. The minimum Gasteiger partial charge on any atom is -0.321 e. The van der Waals surface area contributed by atoms with E-state index < -0.39 is 17.3 Å². The molecular weight excluding hydrogens is 367 g/mol. The van der Waals surface area contributed by atoms with Crippen molar-refractivity contribution in [2.45, 2.75) is 20.4 Å². The molecule has 6 heteroatoms. The number of aromatic nitrogens is 1. The number of aryl methyl sites for hydroxylation is 2. The van der Waals surface area contributed by atoms with Crippen LogP contribution in [0.4, 0.5) is 10.1 Å². The van der Waals surface area contributed by atoms with Crippen LogP contribution in [0.2, 0.25) is 5.02 Å². The van der Waals surface area contributed by atoms with Crippen LogP contribution in [-0.4, -0.2) is 10.5 Å². The number of amides is 1. The first-order valence-electron chi connectivity index (χ1n) is 8.38. The molecule has 0 atom stereocenters. The Morgan fingerprint density at radius 3 is 2.41 bits per heavy atom. The van der Waals surface area contributed by atoms with Crippen molar-refractivity contribution in [3.63, 3.8) is 0 Å². The number of hydrogen-bond donors (Lipinski definition) is 1. The van der Waals surface area contributed by atoms with Gasteiger partial charge in [-0.3, -0.25) is 9.59 Å². The number of nitrogens with zero attached hydrogens (tertiary/aromatic N) is 1. The Morgan fingerprint density at radius 2 is 1.74 bits per heavy atom. The molecule has 0 aliphatic rings. The summed E-state index contributed by atoms with van der Waals surface area (Å²) in [5.74, 6) is -1.01. The quantitative estimate of drug-likeness (QED) is 0.717. The standard InChI is InChI=1S/C21H18ClFN2O2/c1-13-6-3-7-14(2)19(13)24-20(26)15-8-5-11-25(21(15)27)12-16-17(22)9-4-10-18(16)23/h3-11H,12H2,1-2H3,(H,24,26). The van der Waals surface area contributed by atoms with Crippen molar-refractivity contribution in [2.24, 2.45) is 0 Å². The minimum absolute atomic E-state index is 0.0207. The zero-order valence-corrected chi connectivity index (χ0v) is 15.7. The first-order chi connectivity index (χ1) is 12.9. The molecule has 0 aliphatic carbocycles. The molecule has 0 aliphatic heterocycles. The average molecular weight is 385 g/mol. The fourth-order valence-corrected chi connectivity index (χ4v) is 3.10. The number of carbonyl (C=O) groups excluding carboxylic acids is 1. The van der Waals surface area contributed by atoms with Crippen LogP contribution in [0.3, 0.4) is 0 Å². The fraction of sp³-hybridized carbons (Fsp3) is 0.143. The lowest BCUT2D eigenvalue weighted by atomic mass is 10.1. The van der Waals surface area contributed by atoms with Crippen molar-refractivity contribution in [3.8, 4) is 0 Å². The maximum absolute atomic E-state index is 14.0. The molecule has 1 N–H and O–H groups in total. The zero-order valence-electron chi connectivity index (χ0n) is 14.9. The minimum atomic E-state index is -0.513. The van der Waals surface area contributed by atoms with Crippen LogP contribution >= 0.6 is 11.6 Å². The van der Waals surface area contributed by atoms with Crippen LogP contribution < -0.4 is 10.9 Å². The normalized spacial score (nSPS) is 10.7. The number of halogens is 2. The molecule has 0 spiro atoms.